The Kier molecular flexibility index (Phi) is 5.56. The number of nitrogens with zero attached hydrogens (tertiary/aromatic N) is 1. The largest absolute Gasteiger partial charge is 0.481 e. The normalized spacial score (nSPS) is 21.1. The Bertz CT molecular complexity index is 627. The summed E-state index contributed by atoms with van der Waals surface area (Å²) < 4.78 is 26.7. The van der Waals surface area contributed by atoms with Gasteiger partial charge >= 0.3 is 12.0 Å². The number of hydrogen-bond donors (Lipinski definition) is 2. The highest BCUT2D eigenvalue weighted by Gasteiger charge is 2.31. The number of aliphatic carboxylic acids is 1. The number of carboxylic acid groups (broad SMARTS) is 1. The van der Waals surface area contributed by atoms with Crippen LogP contribution in [0.1, 0.15) is 18.9 Å². The number of likely N-dealkylation sites (tertiary alicyclic amines) is 1. The average molecular weight is 391 g/mol. The second-order valence-electron chi connectivity index (χ2n) is 5.80. The van der Waals surface area contributed by atoms with Gasteiger partial charge in [-0.05, 0) is 30.0 Å². The minimum Gasteiger partial charge on any atom is -0.481 e. The van der Waals surface area contributed by atoms with Crippen LogP contribution < -0.4 is 5.32 Å². The van der Waals surface area contributed by atoms with E-state index in [4.69, 9.17) is 5.11 Å². The molecular weight excluding hydrogens is 374 g/mol. The Morgan fingerprint density at radius 1 is 1.35 bits per heavy atom. The number of carboxylic acids is 1. The summed E-state index contributed by atoms with van der Waals surface area (Å²) >= 11 is 3.12. The van der Waals surface area contributed by atoms with Gasteiger partial charge in [-0.1, -0.05) is 22.9 Å². The number of urea groups is 1. The molecule has 1 fully saturated rings. The smallest absolute Gasteiger partial charge is 0.317 e. The zero-order valence-electron chi connectivity index (χ0n) is 12.5. The lowest BCUT2D eigenvalue weighted by Crippen LogP contribution is -2.49. The fourth-order valence-corrected chi connectivity index (χ4v) is 3.13. The van der Waals surface area contributed by atoms with E-state index in [-0.39, 0.29) is 19.0 Å². The van der Waals surface area contributed by atoms with Crippen LogP contribution in [-0.2, 0) is 11.3 Å². The molecule has 5 nitrogen and oxygen atoms in total. The summed E-state index contributed by atoms with van der Waals surface area (Å²) in [6.07, 6.45) is 0.536. The van der Waals surface area contributed by atoms with Crippen molar-refractivity contribution in [3.63, 3.8) is 0 Å². The van der Waals surface area contributed by atoms with Crippen LogP contribution in [-0.4, -0.2) is 35.1 Å². The molecule has 0 radical (unpaired) electrons. The summed E-state index contributed by atoms with van der Waals surface area (Å²) in [6.45, 7) is 2.51. The standard InChI is InChI=1S/C15H17BrF2N2O3/c1-8-2-10(14(21)22)7-20(6-8)15(23)19-5-9-3-12(17)13(18)4-11(9)16/h3-4,8,10H,2,5-7H2,1H3,(H,19,23)(H,21,22). The Morgan fingerprint density at radius 2 is 2.00 bits per heavy atom. The first-order valence-electron chi connectivity index (χ1n) is 7.17. The zero-order valence-corrected chi connectivity index (χ0v) is 14.1. The first kappa shape index (κ1) is 17.7. The lowest BCUT2D eigenvalue weighted by Gasteiger charge is -2.34. The molecule has 0 saturated carbocycles. The molecule has 1 aliphatic rings. The molecule has 1 saturated heterocycles. The number of carbonyl (C=O) groups is 2. The maximum atomic E-state index is 13.2. The first-order chi connectivity index (χ1) is 10.8. The van der Waals surface area contributed by atoms with Crippen LogP contribution in [0.4, 0.5) is 13.6 Å². The molecule has 23 heavy (non-hydrogen) atoms. The highest BCUT2D eigenvalue weighted by Crippen LogP contribution is 2.23. The molecule has 2 unspecified atom stereocenters. The fraction of sp³-hybridized carbons (Fsp3) is 0.467. The monoisotopic (exact) mass is 390 g/mol. The van der Waals surface area contributed by atoms with E-state index in [0.717, 1.165) is 12.1 Å². The zero-order chi connectivity index (χ0) is 17.1. The van der Waals surface area contributed by atoms with Crippen LogP contribution in [0.2, 0.25) is 0 Å². The van der Waals surface area contributed by atoms with E-state index in [2.05, 4.69) is 21.2 Å². The number of benzene rings is 1. The first-order valence-corrected chi connectivity index (χ1v) is 7.96. The molecule has 2 N–H and O–H groups in total. The number of carbonyl (C=O) groups excluding carboxylic acids is 1. The van der Waals surface area contributed by atoms with E-state index < -0.39 is 29.6 Å². The van der Waals surface area contributed by atoms with Crippen LogP contribution >= 0.6 is 15.9 Å². The highest BCUT2D eigenvalue weighted by atomic mass is 79.9. The van der Waals surface area contributed by atoms with E-state index in [1.165, 1.54) is 4.90 Å². The number of halogens is 3. The minimum absolute atomic E-state index is 0.0131. The summed E-state index contributed by atoms with van der Waals surface area (Å²) in [4.78, 5) is 24.8. The van der Waals surface area contributed by atoms with Crippen molar-refractivity contribution >= 4 is 27.9 Å². The van der Waals surface area contributed by atoms with Gasteiger partial charge in [0.05, 0.1) is 5.92 Å². The van der Waals surface area contributed by atoms with E-state index in [9.17, 15) is 18.4 Å². The van der Waals surface area contributed by atoms with E-state index in [0.29, 0.717) is 23.0 Å². The fourth-order valence-electron chi connectivity index (χ4n) is 2.68. The third kappa shape index (κ3) is 4.40. The number of nitrogens with one attached hydrogen (secondary N) is 1. The maximum Gasteiger partial charge on any atom is 0.317 e. The van der Waals surface area contributed by atoms with Gasteiger partial charge in [0, 0.05) is 24.1 Å². The van der Waals surface area contributed by atoms with Gasteiger partial charge in [0.2, 0.25) is 0 Å². The van der Waals surface area contributed by atoms with Gasteiger partial charge in [-0.25, -0.2) is 13.6 Å². The predicted octanol–water partition coefficient (Wildman–Crippen LogP) is 2.98. The quantitative estimate of drug-likeness (QED) is 0.779. The molecule has 2 amide bonds. The Balaban J connectivity index is 1.99. The summed E-state index contributed by atoms with van der Waals surface area (Å²) in [5.41, 5.74) is 0.400. The van der Waals surface area contributed by atoms with E-state index in [1.807, 2.05) is 6.92 Å². The molecular formula is C15H17BrF2N2O3. The summed E-state index contributed by atoms with van der Waals surface area (Å²) in [5.74, 6) is -3.38. The number of piperidine rings is 1. The van der Waals surface area contributed by atoms with Gasteiger partial charge in [-0.15, -0.1) is 0 Å². The van der Waals surface area contributed by atoms with Crippen LogP contribution in [0.25, 0.3) is 0 Å². The van der Waals surface area contributed by atoms with Gasteiger partial charge < -0.3 is 15.3 Å². The Labute approximate surface area is 140 Å². The van der Waals surface area contributed by atoms with Crippen molar-refractivity contribution in [3.8, 4) is 0 Å². The SMILES string of the molecule is CC1CC(C(=O)O)CN(C(=O)NCc2cc(F)c(F)cc2Br)C1. The topological polar surface area (TPSA) is 69.6 Å². The molecule has 2 rings (SSSR count). The van der Waals surface area contributed by atoms with Crippen LogP contribution in [0.5, 0.6) is 0 Å². The molecule has 0 aromatic heterocycles. The van der Waals surface area contributed by atoms with Crippen LogP contribution in [0, 0.1) is 23.5 Å². The lowest BCUT2D eigenvalue weighted by atomic mass is 9.91. The summed E-state index contributed by atoms with van der Waals surface area (Å²) in [6, 6.07) is 1.60. The minimum atomic E-state index is -0.991. The van der Waals surface area contributed by atoms with Crippen LogP contribution in [0.15, 0.2) is 16.6 Å². The number of hydrogen-bond acceptors (Lipinski definition) is 2. The van der Waals surface area contributed by atoms with Crippen molar-refractivity contribution in [1.82, 2.24) is 10.2 Å². The van der Waals surface area contributed by atoms with Gasteiger partial charge in [0.25, 0.3) is 0 Å². The molecule has 0 spiro atoms. The molecule has 8 heteroatoms. The van der Waals surface area contributed by atoms with Gasteiger partial charge in [-0.3, -0.25) is 4.79 Å². The molecule has 0 bridgehead atoms. The van der Waals surface area contributed by atoms with Crippen molar-refractivity contribution in [2.75, 3.05) is 13.1 Å². The Morgan fingerprint density at radius 3 is 2.65 bits per heavy atom. The van der Waals surface area contributed by atoms with Crippen molar-refractivity contribution < 1.29 is 23.5 Å². The molecule has 1 heterocycles. The van der Waals surface area contributed by atoms with Crippen LogP contribution in [0.3, 0.4) is 0 Å². The molecule has 1 aromatic rings. The second-order valence-corrected chi connectivity index (χ2v) is 6.65. The third-order valence-corrected chi connectivity index (χ3v) is 4.55. The molecule has 126 valence electrons. The lowest BCUT2D eigenvalue weighted by molar-refractivity contribution is -0.143. The number of amides is 2. The van der Waals surface area contributed by atoms with E-state index >= 15 is 0 Å². The van der Waals surface area contributed by atoms with Crippen molar-refractivity contribution in [2.24, 2.45) is 11.8 Å². The van der Waals surface area contributed by atoms with Crippen molar-refractivity contribution in [2.45, 2.75) is 19.9 Å². The van der Waals surface area contributed by atoms with Gasteiger partial charge in [-0.2, -0.15) is 0 Å². The molecule has 1 aliphatic heterocycles. The van der Waals surface area contributed by atoms with E-state index in [1.54, 1.807) is 0 Å². The molecule has 0 aliphatic carbocycles. The van der Waals surface area contributed by atoms with Gasteiger partial charge in [0.1, 0.15) is 0 Å². The predicted molar refractivity (Wildman–Crippen MR) is 82.8 cm³/mol. The van der Waals surface area contributed by atoms with Crippen molar-refractivity contribution in [1.29, 1.82) is 0 Å². The Hall–Kier alpha value is -1.70. The summed E-state index contributed by atoms with van der Waals surface area (Å²) in [7, 11) is 0. The molecule has 2 atom stereocenters. The van der Waals surface area contributed by atoms with Crippen molar-refractivity contribution in [3.05, 3.63) is 33.8 Å². The number of rotatable bonds is 3. The highest BCUT2D eigenvalue weighted by molar-refractivity contribution is 9.10. The third-order valence-electron chi connectivity index (χ3n) is 3.82. The summed E-state index contributed by atoms with van der Waals surface area (Å²) in [5, 5.41) is 11.7. The maximum absolute atomic E-state index is 13.2. The molecule has 1 aromatic carbocycles. The second kappa shape index (κ2) is 7.25. The van der Waals surface area contributed by atoms with Gasteiger partial charge in [0.15, 0.2) is 11.6 Å². The average Bonchev–Trinajstić information content (AvgIpc) is 2.48.